The zero-order valence-electron chi connectivity index (χ0n) is 12.4. The number of nitrogens with one attached hydrogen (secondary N) is 1. The Balaban J connectivity index is 0.00000220. The van der Waals surface area contributed by atoms with Gasteiger partial charge in [-0.3, -0.25) is 4.79 Å². The molecule has 1 aromatic rings. The molecule has 1 aromatic carbocycles. The maximum atomic E-state index is 12.5. The molecule has 21 heavy (non-hydrogen) atoms. The van der Waals surface area contributed by atoms with Crippen molar-refractivity contribution in [2.75, 3.05) is 25.9 Å². The van der Waals surface area contributed by atoms with E-state index in [1.54, 1.807) is 24.0 Å². The maximum Gasteiger partial charge on any atom is 0.254 e. The Labute approximate surface area is 132 Å². The highest BCUT2D eigenvalue weighted by Crippen LogP contribution is 2.19. The van der Waals surface area contributed by atoms with Crippen molar-refractivity contribution in [2.45, 2.75) is 24.8 Å². The van der Waals surface area contributed by atoms with Gasteiger partial charge in [-0.15, -0.1) is 12.4 Å². The summed E-state index contributed by atoms with van der Waals surface area (Å²) in [5.74, 6) is -0.107. The van der Waals surface area contributed by atoms with E-state index in [0.717, 1.165) is 19.3 Å². The van der Waals surface area contributed by atoms with Crippen molar-refractivity contribution in [2.24, 2.45) is 0 Å². The second-order valence-electron chi connectivity index (χ2n) is 5.30. The Bertz CT molecular complexity index is 631. The van der Waals surface area contributed by atoms with E-state index in [-0.39, 0.29) is 29.3 Å². The van der Waals surface area contributed by atoms with Crippen molar-refractivity contribution < 1.29 is 13.2 Å². The quantitative estimate of drug-likeness (QED) is 0.885. The number of nitrogens with zero attached hydrogens (tertiary/aromatic N) is 1. The molecular formula is C14H21ClN2O3S. The number of carbonyl (C=O) groups is 1. The molecule has 0 saturated carbocycles. The summed E-state index contributed by atoms with van der Waals surface area (Å²) in [6.07, 6.45) is 1.16. The maximum absolute atomic E-state index is 12.5. The summed E-state index contributed by atoms with van der Waals surface area (Å²) in [6.45, 7) is 5.88. The number of piperazine rings is 1. The van der Waals surface area contributed by atoms with E-state index in [9.17, 15) is 13.2 Å². The molecule has 1 heterocycles. The monoisotopic (exact) mass is 332 g/mol. The molecule has 0 aromatic heterocycles. The second kappa shape index (κ2) is 6.77. The molecule has 1 N–H and O–H groups in total. The van der Waals surface area contributed by atoms with E-state index >= 15 is 0 Å². The molecule has 0 spiro atoms. The van der Waals surface area contributed by atoms with E-state index < -0.39 is 9.84 Å². The van der Waals surface area contributed by atoms with Crippen LogP contribution in [-0.4, -0.2) is 51.2 Å². The third-order valence-corrected chi connectivity index (χ3v) is 4.84. The number of hydrogen-bond acceptors (Lipinski definition) is 4. The average molecular weight is 333 g/mol. The van der Waals surface area contributed by atoms with Crippen molar-refractivity contribution >= 4 is 28.2 Å². The van der Waals surface area contributed by atoms with Gasteiger partial charge >= 0.3 is 0 Å². The fourth-order valence-electron chi connectivity index (χ4n) is 2.44. The van der Waals surface area contributed by atoms with E-state index in [4.69, 9.17) is 0 Å². The molecule has 1 aliphatic rings. The van der Waals surface area contributed by atoms with Crippen LogP contribution in [0.4, 0.5) is 0 Å². The number of hydrogen-bond donors (Lipinski definition) is 1. The summed E-state index contributed by atoms with van der Waals surface area (Å²) in [4.78, 5) is 14.5. The van der Waals surface area contributed by atoms with E-state index in [1.165, 1.54) is 6.07 Å². The molecule has 1 atom stereocenters. The Morgan fingerprint density at radius 3 is 2.62 bits per heavy atom. The highest BCUT2D eigenvalue weighted by atomic mass is 35.5. The fraction of sp³-hybridized carbons (Fsp3) is 0.500. The number of halogens is 1. The fourth-order valence-corrected chi connectivity index (χ4v) is 3.44. The van der Waals surface area contributed by atoms with Crippen molar-refractivity contribution in [3.8, 4) is 0 Å². The molecule has 2 rings (SSSR count). The molecule has 0 bridgehead atoms. The minimum Gasteiger partial charge on any atom is -0.333 e. The van der Waals surface area contributed by atoms with Gasteiger partial charge in [-0.25, -0.2) is 8.42 Å². The Kier molecular flexibility index (Phi) is 5.78. The predicted octanol–water partition coefficient (Wildman–Crippen LogP) is 1.25. The van der Waals surface area contributed by atoms with Crippen LogP contribution in [0.5, 0.6) is 0 Å². The van der Waals surface area contributed by atoms with Gasteiger partial charge in [-0.2, -0.15) is 0 Å². The van der Waals surface area contributed by atoms with Crippen molar-refractivity contribution in [3.63, 3.8) is 0 Å². The lowest BCUT2D eigenvalue weighted by atomic mass is 10.1. The summed E-state index contributed by atoms with van der Waals surface area (Å²) in [7, 11) is -3.32. The third-order valence-electron chi connectivity index (χ3n) is 3.60. The zero-order chi connectivity index (χ0) is 14.9. The molecule has 1 saturated heterocycles. The highest BCUT2D eigenvalue weighted by molar-refractivity contribution is 7.90. The molecule has 1 aliphatic heterocycles. The van der Waals surface area contributed by atoms with Crippen LogP contribution < -0.4 is 5.32 Å². The number of sulfone groups is 1. The third kappa shape index (κ3) is 3.96. The number of aryl methyl sites for hydroxylation is 1. The molecule has 0 radical (unpaired) electrons. The largest absolute Gasteiger partial charge is 0.333 e. The first-order valence-electron chi connectivity index (χ1n) is 6.63. The molecule has 0 aliphatic carbocycles. The SMILES string of the molecule is Cc1ccc(C(=O)N2CCNC[C@H]2C)cc1S(C)(=O)=O.Cl. The summed E-state index contributed by atoms with van der Waals surface area (Å²) in [5.41, 5.74) is 1.10. The molecule has 5 nitrogen and oxygen atoms in total. The minimum absolute atomic E-state index is 0. The van der Waals surface area contributed by atoms with Crippen LogP contribution in [0.25, 0.3) is 0 Å². The number of benzene rings is 1. The van der Waals surface area contributed by atoms with Crippen LogP contribution in [0.15, 0.2) is 23.1 Å². The predicted molar refractivity (Wildman–Crippen MR) is 84.9 cm³/mol. The molecule has 0 unspecified atom stereocenters. The first kappa shape index (κ1) is 17.9. The average Bonchev–Trinajstić information content (AvgIpc) is 2.37. The van der Waals surface area contributed by atoms with Gasteiger partial charge in [-0.1, -0.05) is 6.07 Å². The minimum atomic E-state index is -3.32. The van der Waals surface area contributed by atoms with Crippen LogP contribution in [0.2, 0.25) is 0 Å². The summed E-state index contributed by atoms with van der Waals surface area (Å²) in [5, 5.41) is 3.23. The van der Waals surface area contributed by atoms with Gasteiger partial charge in [0.25, 0.3) is 5.91 Å². The molecule has 118 valence electrons. The Hall–Kier alpha value is -1.11. The van der Waals surface area contributed by atoms with E-state index in [0.29, 0.717) is 17.7 Å². The smallest absolute Gasteiger partial charge is 0.254 e. The lowest BCUT2D eigenvalue weighted by Gasteiger charge is -2.34. The highest BCUT2D eigenvalue weighted by Gasteiger charge is 2.25. The van der Waals surface area contributed by atoms with Crippen LogP contribution in [-0.2, 0) is 9.84 Å². The zero-order valence-corrected chi connectivity index (χ0v) is 14.1. The normalized spacial score (nSPS) is 19.0. The van der Waals surface area contributed by atoms with Crippen LogP contribution in [0.1, 0.15) is 22.8 Å². The van der Waals surface area contributed by atoms with Crippen molar-refractivity contribution in [1.29, 1.82) is 0 Å². The lowest BCUT2D eigenvalue weighted by Crippen LogP contribution is -2.52. The number of rotatable bonds is 2. The van der Waals surface area contributed by atoms with Crippen LogP contribution in [0.3, 0.4) is 0 Å². The first-order chi connectivity index (χ1) is 9.30. The molecule has 1 fully saturated rings. The van der Waals surface area contributed by atoms with E-state index in [2.05, 4.69) is 5.32 Å². The summed E-state index contributed by atoms with van der Waals surface area (Å²) >= 11 is 0. The van der Waals surface area contributed by atoms with Crippen LogP contribution in [0, 0.1) is 6.92 Å². The van der Waals surface area contributed by atoms with E-state index in [1.807, 2.05) is 6.92 Å². The van der Waals surface area contributed by atoms with Gasteiger partial charge in [0, 0.05) is 37.5 Å². The van der Waals surface area contributed by atoms with Gasteiger partial charge in [0.15, 0.2) is 9.84 Å². The first-order valence-corrected chi connectivity index (χ1v) is 8.52. The molecule has 7 heteroatoms. The van der Waals surface area contributed by atoms with Gasteiger partial charge in [0.1, 0.15) is 0 Å². The summed E-state index contributed by atoms with van der Waals surface area (Å²) in [6, 6.07) is 4.98. The lowest BCUT2D eigenvalue weighted by molar-refractivity contribution is 0.0655. The molecule has 1 amide bonds. The van der Waals surface area contributed by atoms with Gasteiger partial charge in [-0.05, 0) is 31.5 Å². The standard InChI is InChI=1S/C14H20N2O3S.ClH/c1-10-4-5-12(8-13(10)20(3,18)19)14(17)16-7-6-15-9-11(16)2;/h4-5,8,11,15H,6-7,9H2,1-3H3;1H/t11-;/m1./s1. The second-order valence-corrected chi connectivity index (χ2v) is 7.29. The van der Waals surface area contributed by atoms with Crippen molar-refractivity contribution in [3.05, 3.63) is 29.3 Å². The van der Waals surface area contributed by atoms with Gasteiger partial charge in [0.2, 0.25) is 0 Å². The topological polar surface area (TPSA) is 66.5 Å². The van der Waals surface area contributed by atoms with Crippen LogP contribution >= 0.6 is 12.4 Å². The van der Waals surface area contributed by atoms with Crippen molar-refractivity contribution in [1.82, 2.24) is 10.2 Å². The number of carbonyl (C=O) groups excluding carboxylic acids is 1. The summed E-state index contributed by atoms with van der Waals surface area (Å²) < 4.78 is 23.5. The number of amides is 1. The van der Waals surface area contributed by atoms with Gasteiger partial charge < -0.3 is 10.2 Å². The van der Waals surface area contributed by atoms with Gasteiger partial charge in [0.05, 0.1) is 4.90 Å². The Morgan fingerprint density at radius 2 is 2.05 bits per heavy atom. The Morgan fingerprint density at radius 1 is 1.38 bits per heavy atom. The molecular weight excluding hydrogens is 312 g/mol.